The zero-order valence-corrected chi connectivity index (χ0v) is 13.0. The van der Waals surface area contributed by atoms with Crippen LogP contribution >= 0.6 is 11.8 Å². The molecule has 1 aliphatic rings. The Morgan fingerprint density at radius 1 is 1.28 bits per heavy atom. The van der Waals surface area contributed by atoms with Crippen LogP contribution in [0.25, 0.3) is 0 Å². The molecule has 1 fully saturated rings. The first-order valence-electron chi connectivity index (χ1n) is 7.64. The molecule has 18 heavy (non-hydrogen) atoms. The summed E-state index contributed by atoms with van der Waals surface area (Å²) in [6.07, 6.45) is 7.96. The number of aliphatic hydroxyl groups excluding tert-OH is 1. The highest BCUT2D eigenvalue weighted by Crippen LogP contribution is 2.29. The van der Waals surface area contributed by atoms with Crippen LogP contribution in [0.2, 0.25) is 0 Å². The van der Waals surface area contributed by atoms with Gasteiger partial charge < -0.3 is 10.4 Å². The smallest absolute Gasteiger partial charge is 0.0438 e. The van der Waals surface area contributed by atoms with Gasteiger partial charge >= 0.3 is 0 Å². The van der Waals surface area contributed by atoms with Gasteiger partial charge in [-0.1, -0.05) is 26.7 Å². The second kappa shape index (κ2) is 10.1. The number of thioether (sulfide) groups is 1. The van der Waals surface area contributed by atoms with Crippen LogP contribution in [0.15, 0.2) is 0 Å². The first-order chi connectivity index (χ1) is 8.72. The molecule has 2 nitrogen and oxygen atoms in total. The Kier molecular flexibility index (Phi) is 9.16. The van der Waals surface area contributed by atoms with Crippen LogP contribution < -0.4 is 5.32 Å². The molecule has 0 aliphatic heterocycles. The lowest BCUT2D eigenvalue weighted by molar-refractivity contribution is 0.255. The summed E-state index contributed by atoms with van der Waals surface area (Å²) in [6.45, 7) is 6.15. The predicted octanol–water partition coefficient (Wildman–Crippen LogP) is 3.30. The van der Waals surface area contributed by atoms with E-state index in [1.807, 2.05) is 11.8 Å². The molecule has 0 aromatic carbocycles. The highest BCUT2D eigenvalue weighted by atomic mass is 32.2. The molecule has 3 heteroatoms. The fourth-order valence-corrected chi connectivity index (χ4v) is 3.76. The molecule has 0 saturated heterocycles. The minimum absolute atomic E-state index is 0.333. The third kappa shape index (κ3) is 7.65. The van der Waals surface area contributed by atoms with E-state index in [0.717, 1.165) is 36.6 Å². The van der Waals surface area contributed by atoms with E-state index in [1.165, 1.54) is 37.9 Å². The maximum atomic E-state index is 8.70. The third-order valence-electron chi connectivity index (χ3n) is 3.71. The number of aliphatic hydroxyl groups is 1. The van der Waals surface area contributed by atoms with Gasteiger partial charge in [0.1, 0.15) is 0 Å². The van der Waals surface area contributed by atoms with E-state index < -0.39 is 0 Å². The Labute approximate surface area is 117 Å². The molecule has 108 valence electrons. The third-order valence-corrected chi connectivity index (χ3v) is 4.78. The Morgan fingerprint density at radius 3 is 2.83 bits per heavy atom. The van der Waals surface area contributed by atoms with Crippen LogP contribution in [0.4, 0.5) is 0 Å². The number of nitrogens with one attached hydrogen (secondary N) is 1. The van der Waals surface area contributed by atoms with Crippen LogP contribution in [-0.2, 0) is 0 Å². The number of hydrogen-bond acceptors (Lipinski definition) is 3. The lowest BCUT2D eigenvalue weighted by atomic mass is 9.81. The molecular weight excluding hydrogens is 242 g/mol. The molecule has 2 atom stereocenters. The van der Waals surface area contributed by atoms with Crippen LogP contribution in [0.1, 0.15) is 52.4 Å². The predicted molar refractivity (Wildman–Crippen MR) is 82.2 cm³/mol. The van der Waals surface area contributed by atoms with Crippen LogP contribution in [0.5, 0.6) is 0 Å². The van der Waals surface area contributed by atoms with E-state index in [0.29, 0.717) is 6.61 Å². The molecule has 0 aromatic heterocycles. The first-order valence-corrected chi connectivity index (χ1v) is 8.79. The van der Waals surface area contributed by atoms with E-state index in [1.54, 1.807) is 0 Å². The fourth-order valence-electron chi connectivity index (χ4n) is 2.96. The van der Waals surface area contributed by atoms with Crippen LogP contribution in [-0.4, -0.2) is 35.8 Å². The molecule has 2 N–H and O–H groups in total. The van der Waals surface area contributed by atoms with Crippen LogP contribution in [0, 0.1) is 11.8 Å². The second-order valence-electron chi connectivity index (χ2n) is 6.00. The molecule has 2 unspecified atom stereocenters. The fraction of sp³-hybridized carbons (Fsp3) is 1.00. The SMILES string of the molecule is CC(C)CC1CCCC(NCCSCCCO)C1. The Hall–Kier alpha value is 0.270. The van der Waals surface area contributed by atoms with Gasteiger partial charge in [0.05, 0.1) is 0 Å². The molecule has 0 heterocycles. The van der Waals surface area contributed by atoms with Crippen molar-refractivity contribution in [1.82, 2.24) is 5.32 Å². The highest BCUT2D eigenvalue weighted by Gasteiger charge is 2.21. The topological polar surface area (TPSA) is 32.3 Å². The molecule has 1 aliphatic carbocycles. The highest BCUT2D eigenvalue weighted by molar-refractivity contribution is 7.99. The van der Waals surface area contributed by atoms with Crippen molar-refractivity contribution in [2.45, 2.75) is 58.4 Å². The minimum atomic E-state index is 0.333. The summed E-state index contributed by atoms with van der Waals surface area (Å²) in [5, 5.41) is 12.4. The van der Waals surface area contributed by atoms with Gasteiger partial charge in [0, 0.05) is 24.9 Å². The van der Waals surface area contributed by atoms with Crippen molar-refractivity contribution in [3.05, 3.63) is 0 Å². The Bertz CT molecular complexity index is 199. The molecule has 0 amide bonds. The minimum Gasteiger partial charge on any atom is -0.396 e. The second-order valence-corrected chi connectivity index (χ2v) is 7.23. The van der Waals surface area contributed by atoms with Crippen molar-refractivity contribution in [3.8, 4) is 0 Å². The average molecular weight is 273 g/mol. The van der Waals surface area contributed by atoms with Crippen molar-refractivity contribution >= 4 is 11.8 Å². The average Bonchev–Trinajstić information content (AvgIpc) is 2.33. The normalized spacial score (nSPS) is 24.7. The standard InChI is InChI=1S/C15H31NOS/c1-13(2)11-14-5-3-6-15(12-14)16-7-10-18-9-4-8-17/h13-17H,3-12H2,1-2H3. The molecule has 0 bridgehead atoms. The summed E-state index contributed by atoms with van der Waals surface area (Å²) in [6, 6.07) is 0.765. The first kappa shape index (κ1) is 16.3. The maximum absolute atomic E-state index is 8.70. The van der Waals surface area contributed by atoms with Gasteiger partial charge in [-0.25, -0.2) is 0 Å². The Morgan fingerprint density at radius 2 is 2.11 bits per heavy atom. The molecule has 1 saturated carbocycles. The van der Waals surface area contributed by atoms with Gasteiger partial charge in [0.25, 0.3) is 0 Å². The van der Waals surface area contributed by atoms with E-state index >= 15 is 0 Å². The quantitative estimate of drug-likeness (QED) is 0.632. The van der Waals surface area contributed by atoms with Crippen molar-refractivity contribution in [3.63, 3.8) is 0 Å². The number of hydrogen-bond donors (Lipinski definition) is 2. The van der Waals surface area contributed by atoms with E-state index in [9.17, 15) is 0 Å². The van der Waals surface area contributed by atoms with Crippen LogP contribution in [0.3, 0.4) is 0 Å². The lowest BCUT2D eigenvalue weighted by Gasteiger charge is -2.30. The molecule has 0 spiro atoms. The monoisotopic (exact) mass is 273 g/mol. The Balaban J connectivity index is 2.03. The largest absolute Gasteiger partial charge is 0.396 e. The van der Waals surface area contributed by atoms with Crippen molar-refractivity contribution < 1.29 is 5.11 Å². The van der Waals surface area contributed by atoms with Gasteiger partial charge in [-0.3, -0.25) is 0 Å². The summed E-state index contributed by atoms with van der Waals surface area (Å²) >= 11 is 1.96. The zero-order valence-electron chi connectivity index (χ0n) is 12.2. The van der Waals surface area contributed by atoms with E-state index in [4.69, 9.17) is 5.11 Å². The summed E-state index contributed by atoms with van der Waals surface area (Å²) < 4.78 is 0. The number of rotatable bonds is 9. The summed E-state index contributed by atoms with van der Waals surface area (Å²) in [5.41, 5.74) is 0. The molecule has 0 aromatic rings. The van der Waals surface area contributed by atoms with E-state index in [-0.39, 0.29) is 0 Å². The molecular formula is C15H31NOS. The van der Waals surface area contributed by atoms with Crippen molar-refractivity contribution in [1.29, 1.82) is 0 Å². The van der Waals surface area contributed by atoms with Crippen molar-refractivity contribution in [2.24, 2.45) is 11.8 Å². The zero-order chi connectivity index (χ0) is 13.2. The van der Waals surface area contributed by atoms with E-state index in [2.05, 4.69) is 19.2 Å². The van der Waals surface area contributed by atoms with Gasteiger partial charge in [-0.15, -0.1) is 0 Å². The molecule has 0 radical (unpaired) electrons. The summed E-state index contributed by atoms with van der Waals surface area (Å²) in [5.74, 6) is 4.09. The van der Waals surface area contributed by atoms with Gasteiger partial charge in [-0.05, 0) is 43.3 Å². The van der Waals surface area contributed by atoms with Gasteiger partial charge in [-0.2, -0.15) is 11.8 Å². The molecule has 1 rings (SSSR count). The lowest BCUT2D eigenvalue weighted by Crippen LogP contribution is -2.35. The summed E-state index contributed by atoms with van der Waals surface area (Å²) in [4.78, 5) is 0. The van der Waals surface area contributed by atoms with Crippen molar-refractivity contribution in [2.75, 3.05) is 24.7 Å². The van der Waals surface area contributed by atoms with Gasteiger partial charge in [0.15, 0.2) is 0 Å². The summed E-state index contributed by atoms with van der Waals surface area (Å²) in [7, 11) is 0. The van der Waals surface area contributed by atoms with Gasteiger partial charge in [0.2, 0.25) is 0 Å². The maximum Gasteiger partial charge on any atom is 0.0438 e.